The quantitative estimate of drug-likeness (QED) is 0.281. The standard InChI is InChI=1S/C16H22ClN5S/c17-13-4-1-6-15(10-13)23-9-3-8-21-16(18)20-7-2-5-14-11-19-12-22-14/h1,4,6,10-12H,2-3,5,7-9H2,(H,19,22)(H3,18,20,21). The second-order valence-corrected chi connectivity index (χ2v) is 6.64. The molecule has 0 amide bonds. The lowest BCUT2D eigenvalue weighted by Crippen LogP contribution is -2.32. The van der Waals surface area contributed by atoms with E-state index < -0.39 is 0 Å². The Balaban J connectivity index is 1.52. The highest BCUT2D eigenvalue weighted by Crippen LogP contribution is 2.21. The van der Waals surface area contributed by atoms with E-state index in [-0.39, 0.29) is 0 Å². The van der Waals surface area contributed by atoms with Gasteiger partial charge in [-0.1, -0.05) is 17.7 Å². The van der Waals surface area contributed by atoms with Crippen LogP contribution in [0.4, 0.5) is 0 Å². The molecule has 7 heteroatoms. The van der Waals surface area contributed by atoms with Crippen LogP contribution in [0.15, 0.2) is 46.7 Å². The zero-order valence-corrected chi connectivity index (χ0v) is 14.5. The monoisotopic (exact) mass is 351 g/mol. The number of halogens is 1. The van der Waals surface area contributed by atoms with E-state index in [9.17, 15) is 0 Å². The second-order valence-electron chi connectivity index (χ2n) is 5.03. The maximum Gasteiger partial charge on any atom is 0.188 e. The van der Waals surface area contributed by atoms with Crippen LogP contribution in [-0.2, 0) is 6.42 Å². The molecule has 124 valence electrons. The Bertz CT molecular complexity index is 600. The summed E-state index contributed by atoms with van der Waals surface area (Å²) in [6.45, 7) is 1.54. The fourth-order valence-electron chi connectivity index (χ4n) is 1.98. The van der Waals surface area contributed by atoms with E-state index in [1.165, 1.54) is 4.90 Å². The van der Waals surface area contributed by atoms with Gasteiger partial charge in [-0.05, 0) is 43.2 Å². The molecule has 0 aliphatic rings. The summed E-state index contributed by atoms with van der Waals surface area (Å²) in [5.41, 5.74) is 6.98. The molecule has 0 bridgehead atoms. The van der Waals surface area contributed by atoms with Crippen LogP contribution in [0.25, 0.3) is 0 Å². The molecule has 1 aromatic heterocycles. The molecule has 0 radical (unpaired) electrons. The van der Waals surface area contributed by atoms with Crippen LogP contribution in [-0.4, -0.2) is 34.8 Å². The molecule has 23 heavy (non-hydrogen) atoms. The summed E-state index contributed by atoms with van der Waals surface area (Å²) >= 11 is 7.74. The first-order chi connectivity index (χ1) is 11.2. The van der Waals surface area contributed by atoms with Gasteiger partial charge in [-0.25, -0.2) is 4.98 Å². The van der Waals surface area contributed by atoms with Gasteiger partial charge in [0.1, 0.15) is 0 Å². The second kappa shape index (κ2) is 10.2. The number of hydrogen-bond donors (Lipinski definition) is 3. The summed E-state index contributed by atoms with van der Waals surface area (Å²) in [7, 11) is 0. The number of aryl methyl sites for hydroxylation is 1. The van der Waals surface area contributed by atoms with Crippen LogP contribution in [0.3, 0.4) is 0 Å². The van der Waals surface area contributed by atoms with E-state index in [1.54, 1.807) is 18.1 Å². The van der Waals surface area contributed by atoms with Crippen molar-refractivity contribution in [3.63, 3.8) is 0 Å². The first kappa shape index (κ1) is 17.7. The van der Waals surface area contributed by atoms with E-state index in [2.05, 4.69) is 26.3 Å². The first-order valence-corrected chi connectivity index (χ1v) is 9.00. The molecule has 1 aromatic carbocycles. The van der Waals surface area contributed by atoms with Crippen molar-refractivity contribution in [2.75, 3.05) is 18.8 Å². The average Bonchev–Trinajstić information content (AvgIpc) is 3.05. The zero-order chi connectivity index (χ0) is 16.3. The highest BCUT2D eigenvalue weighted by molar-refractivity contribution is 7.99. The van der Waals surface area contributed by atoms with Crippen molar-refractivity contribution in [2.24, 2.45) is 10.7 Å². The number of aromatic nitrogens is 2. The van der Waals surface area contributed by atoms with E-state index in [0.29, 0.717) is 5.96 Å². The van der Waals surface area contributed by atoms with Gasteiger partial charge in [-0.2, -0.15) is 0 Å². The number of imidazole rings is 1. The van der Waals surface area contributed by atoms with Crippen molar-refractivity contribution < 1.29 is 0 Å². The van der Waals surface area contributed by atoms with E-state index in [1.807, 2.05) is 24.4 Å². The molecule has 0 fully saturated rings. The van der Waals surface area contributed by atoms with Gasteiger partial charge in [0, 0.05) is 34.9 Å². The molecular formula is C16H22ClN5S. The predicted molar refractivity (Wildman–Crippen MR) is 98.2 cm³/mol. The van der Waals surface area contributed by atoms with Crippen LogP contribution in [0.1, 0.15) is 18.5 Å². The molecule has 1 heterocycles. The molecule has 0 atom stereocenters. The number of aliphatic imine (C=N–C) groups is 1. The number of rotatable bonds is 9. The van der Waals surface area contributed by atoms with Crippen molar-refractivity contribution in [2.45, 2.75) is 24.2 Å². The summed E-state index contributed by atoms with van der Waals surface area (Å²) in [6, 6.07) is 7.89. The van der Waals surface area contributed by atoms with Gasteiger partial charge in [0.05, 0.1) is 6.33 Å². The molecular weight excluding hydrogens is 330 g/mol. The lowest BCUT2D eigenvalue weighted by molar-refractivity contribution is 0.754. The van der Waals surface area contributed by atoms with Crippen LogP contribution in [0.2, 0.25) is 5.02 Å². The maximum atomic E-state index is 5.95. The van der Waals surface area contributed by atoms with Crippen molar-refractivity contribution in [1.82, 2.24) is 15.3 Å². The summed E-state index contributed by atoms with van der Waals surface area (Å²) < 4.78 is 0. The van der Waals surface area contributed by atoms with Gasteiger partial charge < -0.3 is 16.0 Å². The van der Waals surface area contributed by atoms with Crippen molar-refractivity contribution >= 4 is 29.3 Å². The maximum absolute atomic E-state index is 5.95. The van der Waals surface area contributed by atoms with Gasteiger partial charge >= 0.3 is 0 Å². The van der Waals surface area contributed by atoms with Gasteiger partial charge in [0.2, 0.25) is 0 Å². The molecule has 0 spiro atoms. The summed E-state index contributed by atoms with van der Waals surface area (Å²) in [4.78, 5) is 12.6. The minimum absolute atomic E-state index is 0.516. The van der Waals surface area contributed by atoms with E-state index in [4.69, 9.17) is 17.3 Å². The number of nitrogens with one attached hydrogen (secondary N) is 2. The Morgan fingerprint density at radius 1 is 1.39 bits per heavy atom. The first-order valence-electron chi connectivity index (χ1n) is 7.63. The van der Waals surface area contributed by atoms with Gasteiger partial charge in [0.25, 0.3) is 0 Å². The lowest BCUT2D eigenvalue weighted by atomic mass is 10.2. The van der Waals surface area contributed by atoms with Gasteiger partial charge in [-0.15, -0.1) is 11.8 Å². The van der Waals surface area contributed by atoms with E-state index in [0.717, 1.165) is 48.8 Å². The number of thioether (sulfide) groups is 1. The third-order valence-corrected chi connectivity index (χ3v) is 4.45. The fourth-order valence-corrected chi connectivity index (χ4v) is 3.13. The highest BCUT2D eigenvalue weighted by Gasteiger charge is 1.97. The number of benzene rings is 1. The molecule has 0 aliphatic heterocycles. The molecule has 2 rings (SSSR count). The molecule has 4 N–H and O–H groups in total. The SMILES string of the molecule is NC(=NCCCSc1cccc(Cl)c1)NCCCc1cnc[nH]1. The molecule has 0 unspecified atom stereocenters. The van der Waals surface area contributed by atoms with Gasteiger partial charge in [0.15, 0.2) is 5.96 Å². The number of nitrogens with zero attached hydrogens (tertiary/aromatic N) is 2. The average molecular weight is 352 g/mol. The Kier molecular flexibility index (Phi) is 7.83. The molecule has 0 saturated carbocycles. The van der Waals surface area contributed by atoms with Crippen LogP contribution in [0.5, 0.6) is 0 Å². The minimum atomic E-state index is 0.516. The third-order valence-electron chi connectivity index (χ3n) is 3.13. The molecule has 5 nitrogen and oxygen atoms in total. The minimum Gasteiger partial charge on any atom is -0.370 e. The Hall–Kier alpha value is -1.66. The smallest absolute Gasteiger partial charge is 0.188 e. The van der Waals surface area contributed by atoms with Crippen molar-refractivity contribution in [3.8, 4) is 0 Å². The van der Waals surface area contributed by atoms with Crippen LogP contribution in [0, 0.1) is 0 Å². The highest BCUT2D eigenvalue weighted by atomic mass is 35.5. The van der Waals surface area contributed by atoms with Crippen LogP contribution < -0.4 is 11.1 Å². The van der Waals surface area contributed by atoms with Crippen LogP contribution >= 0.6 is 23.4 Å². The molecule has 2 aromatic rings. The van der Waals surface area contributed by atoms with Gasteiger partial charge in [-0.3, -0.25) is 4.99 Å². The Morgan fingerprint density at radius 3 is 3.09 bits per heavy atom. The predicted octanol–water partition coefficient (Wildman–Crippen LogP) is 3.08. The Morgan fingerprint density at radius 2 is 2.30 bits per heavy atom. The number of H-pyrrole nitrogens is 1. The topological polar surface area (TPSA) is 79.1 Å². The third kappa shape index (κ3) is 7.43. The molecule has 0 saturated heterocycles. The molecule has 0 aliphatic carbocycles. The summed E-state index contributed by atoms with van der Waals surface area (Å²) in [5, 5.41) is 3.90. The van der Waals surface area contributed by atoms with Crippen molar-refractivity contribution in [1.29, 1.82) is 0 Å². The summed E-state index contributed by atoms with van der Waals surface area (Å²) in [5.74, 6) is 1.51. The largest absolute Gasteiger partial charge is 0.370 e. The lowest BCUT2D eigenvalue weighted by Gasteiger charge is -2.05. The number of guanidine groups is 1. The van der Waals surface area contributed by atoms with Crippen molar-refractivity contribution in [3.05, 3.63) is 47.5 Å². The van der Waals surface area contributed by atoms with E-state index >= 15 is 0 Å². The number of aromatic amines is 1. The fraction of sp³-hybridized carbons (Fsp3) is 0.375. The Labute approximate surface area is 146 Å². The zero-order valence-electron chi connectivity index (χ0n) is 13.0. The normalized spacial score (nSPS) is 11.6. The summed E-state index contributed by atoms with van der Waals surface area (Å²) in [6.07, 6.45) is 6.46. The number of nitrogens with two attached hydrogens (primary N) is 1. The number of hydrogen-bond acceptors (Lipinski definition) is 3.